The number of hydrogen-bond donors (Lipinski definition) is 3. The van der Waals surface area contributed by atoms with E-state index in [2.05, 4.69) is 17.2 Å². The van der Waals surface area contributed by atoms with Crippen LogP contribution in [0.15, 0.2) is 18.5 Å². The topological polar surface area (TPSA) is 71.2 Å². The Kier molecular flexibility index (Phi) is 4.05. The van der Waals surface area contributed by atoms with Gasteiger partial charge in [0.15, 0.2) is 0 Å². The van der Waals surface area contributed by atoms with Gasteiger partial charge in [0.25, 0.3) is 0 Å². The molecule has 0 bridgehead atoms. The van der Waals surface area contributed by atoms with Crippen LogP contribution in [0.2, 0.25) is 0 Å². The minimum atomic E-state index is -0.965. The molecule has 0 aliphatic rings. The van der Waals surface area contributed by atoms with Crippen molar-refractivity contribution < 1.29 is 5.11 Å². The third kappa shape index (κ3) is 3.18. The first kappa shape index (κ1) is 11.9. The molecule has 1 heterocycles. The molecule has 1 atom stereocenters. The Balaban J connectivity index is 2.72. The number of nitrogen functional groups attached to an aromatic ring is 1. The summed E-state index contributed by atoms with van der Waals surface area (Å²) in [6.45, 7) is 5.19. The van der Waals surface area contributed by atoms with Gasteiger partial charge < -0.3 is 16.2 Å². The molecule has 0 radical (unpaired) electrons. The number of nitrogens with zero attached hydrogens (tertiary/aromatic N) is 1. The number of nitrogens with two attached hydrogens (primary N) is 1. The summed E-state index contributed by atoms with van der Waals surface area (Å²) in [6, 6.07) is 1.70. The van der Waals surface area contributed by atoms with Crippen LogP contribution in [0.3, 0.4) is 0 Å². The fourth-order valence-corrected chi connectivity index (χ4v) is 1.46. The normalized spacial score (nSPS) is 14.9. The Morgan fingerprint density at radius 3 is 2.93 bits per heavy atom. The molecule has 1 aromatic rings. The monoisotopic (exact) mass is 209 g/mol. The van der Waals surface area contributed by atoms with E-state index in [1.165, 1.54) is 0 Å². The smallest absolute Gasteiger partial charge is 0.103 e. The fraction of sp³-hybridized carbons (Fsp3) is 0.545. The molecule has 84 valence electrons. The lowest BCUT2D eigenvalue weighted by Gasteiger charge is -2.25. The Labute approximate surface area is 90.5 Å². The molecule has 0 spiro atoms. The van der Waals surface area contributed by atoms with Crippen LogP contribution in [0.5, 0.6) is 0 Å². The van der Waals surface area contributed by atoms with E-state index in [-0.39, 0.29) is 0 Å². The first-order valence-corrected chi connectivity index (χ1v) is 5.21. The maximum absolute atomic E-state index is 10.2. The van der Waals surface area contributed by atoms with Crippen LogP contribution in [0.4, 0.5) is 5.69 Å². The quantitative estimate of drug-likeness (QED) is 0.629. The lowest BCUT2D eigenvalue weighted by atomic mass is 9.96. The van der Waals surface area contributed by atoms with Gasteiger partial charge >= 0.3 is 0 Å². The molecule has 0 aliphatic carbocycles. The van der Waals surface area contributed by atoms with Gasteiger partial charge in [-0.2, -0.15) is 0 Å². The largest absolute Gasteiger partial charge is 0.398 e. The SMILES string of the molecule is CCCNCC(C)(O)c1cnccc1N. The highest BCUT2D eigenvalue weighted by Crippen LogP contribution is 2.24. The lowest BCUT2D eigenvalue weighted by molar-refractivity contribution is 0.0576. The Hall–Kier alpha value is -1.13. The molecule has 1 aromatic heterocycles. The zero-order chi connectivity index (χ0) is 11.3. The molecule has 0 aromatic carbocycles. The van der Waals surface area contributed by atoms with E-state index in [0.717, 1.165) is 13.0 Å². The molecule has 1 rings (SSSR count). The van der Waals surface area contributed by atoms with Gasteiger partial charge in [-0.1, -0.05) is 6.92 Å². The highest BCUT2D eigenvalue weighted by Gasteiger charge is 2.24. The predicted molar refractivity (Wildman–Crippen MR) is 61.4 cm³/mol. The lowest BCUT2D eigenvalue weighted by Crippen LogP contribution is -2.36. The average Bonchev–Trinajstić information content (AvgIpc) is 2.18. The number of nitrogens with one attached hydrogen (secondary N) is 1. The van der Waals surface area contributed by atoms with Crippen molar-refractivity contribution in [3.63, 3.8) is 0 Å². The summed E-state index contributed by atoms with van der Waals surface area (Å²) in [5, 5.41) is 13.4. The van der Waals surface area contributed by atoms with Gasteiger partial charge in [0, 0.05) is 30.2 Å². The van der Waals surface area contributed by atoms with Crippen LogP contribution < -0.4 is 11.1 Å². The van der Waals surface area contributed by atoms with Gasteiger partial charge in [-0.25, -0.2) is 0 Å². The molecular weight excluding hydrogens is 190 g/mol. The number of rotatable bonds is 5. The number of aliphatic hydroxyl groups is 1. The van der Waals surface area contributed by atoms with Gasteiger partial charge in [-0.15, -0.1) is 0 Å². The summed E-state index contributed by atoms with van der Waals surface area (Å²) < 4.78 is 0. The van der Waals surface area contributed by atoms with Crippen molar-refractivity contribution in [2.45, 2.75) is 25.9 Å². The fourth-order valence-electron chi connectivity index (χ4n) is 1.46. The second-order valence-electron chi connectivity index (χ2n) is 3.91. The third-order valence-corrected chi connectivity index (χ3v) is 2.33. The van der Waals surface area contributed by atoms with E-state index in [0.29, 0.717) is 17.8 Å². The molecule has 0 aliphatic heterocycles. The van der Waals surface area contributed by atoms with Crippen LogP contribution in [0, 0.1) is 0 Å². The summed E-state index contributed by atoms with van der Waals surface area (Å²) in [5.41, 5.74) is 6.07. The number of aromatic nitrogens is 1. The Morgan fingerprint density at radius 1 is 1.60 bits per heavy atom. The van der Waals surface area contributed by atoms with E-state index in [9.17, 15) is 5.11 Å². The van der Waals surface area contributed by atoms with Crippen molar-refractivity contribution >= 4 is 5.69 Å². The van der Waals surface area contributed by atoms with E-state index in [1.54, 1.807) is 25.4 Å². The third-order valence-electron chi connectivity index (χ3n) is 2.33. The van der Waals surface area contributed by atoms with Crippen molar-refractivity contribution in [3.05, 3.63) is 24.0 Å². The Morgan fingerprint density at radius 2 is 2.33 bits per heavy atom. The zero-order valence-electron chi connectivity index (χ0n) is 9.33. The highest BCUT2D eigenvalue weighted by atomic mass is 16.3. The molecule has 4 nitrogen and oxygen atoms in total. The zero-order valence-corrected chi connectivity index (χ0v) is 9.33. The summed E-state index contributed by atoms with van der Waals surface area (Å²) in [4.78, 5) is 3.97. The van der Waals surface area contributed by atoms with Gasteiger partial charge in [0.2, 0.25) is 0 Å². The summed E-state index contributed by atoms with van der Waals surface area (Å²) >= 11 is 0. The molecule has 0 saturated heterocycles. The number of pyridine rings is 1. The van der Waals surface area contributed by atoms with Crippen LogP contribution in [0.25, 0.3) is 0 Å². The van der Waals surface area contributed by atoms with Crippen molar-refractivity contribution in [2.75, 3.05) is 18.8 Å². The van der Waals surface area contributed by atoms with Crippen molar-refractivity contribution in [3.8, 4) is 0 Å². The molecule has 0 fully saturated rings. The second kappa shape index (κ2) is 5.09. The van der Waals surface area contributed by atoms with Crippen LogP contribution in [-0.2, 0) is 5.60 Å². The minimum absolute atomic E-state index is 0.483. The number of anilines is 1. The molecule has 15 heavy (non-hydrogen) atoms. The highest BCUT2D eigenvalue weighted by molar-refractivity contribution is 5.47. The van der Waals surface area contributed by atoms with Crippen molar-refractivity contribution in [1.82, 2.24) is 10.3 Å². The summed E-state index contributed by atoms with van der Waals surface area (Å²) in [7, 11) is 0. The van der Waals surface area contributed by atoms with Gasteiger partial charge in [0.1, 0.15) is 5.60 Å². The summed E-state index contributed by atoms with van der Waals surface area (Å²) in [6.07, 6.45) is 4.27. The van der Waals surface area contributed by atoms with Crippen LogP contribution >= 0.6 is 0 Å². The predicted octanol–water partition coefficient (Wildman–Crippen LogP) is 0.871. The van der Waals surface area contributed by atoms with Gasteiger partial charge in [-0.3, -0.25) is 4.98 Å². The standard InChI is InChI=1S/C11H19N3O/c1-3-5-14-8-11(2,15)9-7-13-6-4-10(9)12/h4,6-7,14-15H,3,5,8H2,1-2H3,(H2,12,13). The van der Waals surface area contributed by atoms with Gasteiger partial charge in [-0.05, 0) is 26.0 Å². The van der Waals surface area contributed by atoms with E-state index < -0.39 is 5.60 Å². The Bertz CT molecular complexity index is 312. The first-order chi connectivity index (χ1) is 7.08. The number of hydrogen-bond acceptors (Lipinski definition) is 4. The van der Waals surface area contributed by atoms with E-state index >= 15 is 0 Å². The van der Waals surface area contributed by atoms with Crippen LogP contribution in [-0.4, -0.2) is 23.2 Å². The molecule has 1 unspecified atom stereocenters. The average molecular weight is 209 g/mol. The molecule has 4 N–H and O–H groups in total. The minimum Gasteiger partial charge on any atom is -0.398 e. The van der Waals surface area contributed by atoms with Crippen LogP contribution in [0.1, 0.15) is 25.8 Å². The van der Waals surface area contributed by atoms with E-state index in [4.69, 9.17) is 5.73 Å². The maximum Gasteiger partial charge on any atom is 0.103 e. The molecule has 0 amide bonds. The molecule has 4 heteroatoms. The first-order valence-electron chi connectivity index (χ1n) is 5.21. The van der Waals surface area contributed by atoms with Crippen molar-refractivity contribution in [2.24, 2.45) is 0 Å². The molecule has 0 saturated carbocycles. The van der Waals surface area contributed by atoms with Crippen molar-refractivity contribution in [1.29, 1.82) is 0 Å². The summed E-state index contributed by atoms with van der Waals surface area (Å²) in [5.74, 6) is 0. The second-order valence-corrected chi connectivity index (χ2v) is 3.91. The maximum atomic E-state index is 10.2. The van der Waals surface area contributed by atoms with E-state index in [1.807, 2.05) is 0 Å². The van der Waals surface area contributed by atoms with Gasteiger partial charge in [0.05, 0.1) is 0 Å². The molecular formula is C11H19N3O.